The second-order valence-electron chi connectivity index (χ2n) is 10.6. The molecule has 0 radical (unpaired) electrons. The van der Waals surface area contributed by atoms with E-state index in [1.165, 1.54) is 63.7 Å². The Morgan fingerprint density at radius 3 is 2.21 bits per heavy atom. The summed E-state index contributed by atoms with van der Waals surface area (Å²) in [4.78, 5) is 50.8. The summed E-state index contributed by atoms with van der Waals surface area (Å²) in [6.45, 7) is 0. The quantitative estimate of drug-likeness (QED) is 0.0628. The summed E-state index contributed by atoms with van der Waals surface area (Å²) in [5.41, 5.74) is 1.32. The number of nitrogens with zero attached hydrogens (tertiary/aromatic N) is 1. The van der Waals surface area contributed by atoms with E-state index in [2.05, 4.69) is 10.1 Å². The lowest BCUT2D eigenvalue weighted by Gasteiger charge is -2.17. The first-order valence-corrected chi connectivity index (χ1v) is 14.5. The van der Waals surface area contributed by atoms with Crippen LogP contribution in [-0.4, -0.2) is 50.0 Å². The van der Waals surface area contributed by atoms with Gasteiger partial charge in [-0.3, -0.25) is 19.4 Å². The fraction of sp³-hybridized carbons (Fsp3) is 0.200. The van der Waals surface area contributed by atoms with E-state index < -0.39 is 35.5 Å². The molecule has 0 saturated heterocycles. The predicted octanol–water partition coefficient (Wildman–Crippen LogP) is 6.29. The summed E-state index contributed by atoms with van der Waals surface area (Å²) in [5.74, 6) is 3.75. The average molecular weight is 664 g/mol. The van der Waals surface area contributed by atoms with Gasteiger partial charge in [-0.25, -0.2) is 10.6 Å². The second kappa shape index (κ2) is 15.3. The Kier molecular flexibility index (Phi) is 11.2. The minimum Gasteiger partial charge on any atom is -0.493 e. The number of hydrogen-bond donors (Lipinski definition) is 2. The smallest absolute Gasteiger partial charge is 0.416 e. The third-order valence-electron chi connectivity index (χ3n) is 7.23. The summed E-state index contributed by atoms with van der Waals surface area (Å²) in [6.07, 6.45) is -3.77. The highest BCUT2D eigenvalue weighted by molar-refractivity contribution is 6.11. The molecule has 0 bridgehead atoms. The number of aryl methyl sites for hydroxylation is 1. The molecule has 0 spiro atoms. The van der Waals surface area contributed by atoms with E-state index in [1.807, 2.05) is 0 Å². The van der Waals surface area contributed by atoms with Gasteiger partial charge in [0.2, 0.25) is 0 Å². The Labute approximate surface area is 274 Å². The third-order valence-corrected chi connectivity index (χ3v) is 7.23. The molecule has 4 aromatic carbocycles. The van der Waals surface area contributed by atoms with E-state index >= 15 is 0 Å². The van der Waals surface area contributed by atoms with E-state index in [-0.39, 0.29) is 40.3 Å². The lowest BCUT2D eigenvalue weighted by Crippen LogP contribution is -2.34. The van der Waals surface area contributed by atoms with Crippen LogP contribution in [0.4, 0.5) is 18.9 Å². The molecule has 0 saturated carbocycles. The summed E-state index contributed by atoms with van der Waals surface area (Å²) < 4.78 is 54.5. The average Bonchev–Trinajstić information content (AvgIpc) is 3.07. The Morgan fingerprint density at radius 2 is 1.56 bits per heavy atom. The van der Waals surface area contributed by atoms with Gasteiger partial charge in [-0.2, -0.15) is 13.2 Å². The van der Waals surface area contributed by atoms with Crippen molar-refractivity contribution < 1.29 is 46.6 Å². The molecule has 10 nitrogen and oxygen atoms in total. The van der Waals surface area contributed by atoms with Crippen molar-refractivity contribution in [3.05, 3.63) is 113 Å². The Hall–Kier alpha value is -5.69. The van der Waals surface area contributed by atoms with Crippen molar-refractivity contribution in [3.8, 4) is 22.6 Å². The monoisotopic (exact) mass is 663 g/mol. The zero-order valence-corrected chi connectivity index (χ0v) is 26.2. The zero-order valence-electron chi connectivity index (χ0n) is 26.2. The SMILES string of the molecule is COC(=O)c1ccc(OC(=O)CCCc2ccc(NC(=O)c3ccccc3-c3ccc(C(F)(F)F)cc3)c(C(=O)N(C)N)c2)c(OC)c1. The normalized spacial score (nSPS) is 11.0. The molecule has 0 aliphatic carbocycles. The van der Waals surface area contributed by atoms with Gasteiger partial charge in [-0.05, 0) is 78.1 Å². The fourth-order valence-electron chi connectivity index (χ4n) is 4.79. The molecule has 13 heteroatoms. The number of rotatable bonds is 11. The lowest BCUT2D eigenvalue weighted by molar-refractivity contribution is -0.137. The van der Waals surface area contributed by atoms with E-state index in [9.17, 15) is 32.3 Å². The van der Waals surface area contributed by atoms with Crippen LogP contribution in [0.15, 0.2) is 84.9 Å². The van der Waals surface area contributed by atoms with Crippen LogP contribution in [-0.2, 0) is 22.1 Å². The number of nitrogens with two attached hydrogens (primary N) is 1. The molecule has 0 atom stereocenters. The first kappa shape index (κ1) is 35.2. The first-order chi connectivity index (χ1) is 22.8. The first-order valence-electron chi connectivity index (χ1n) is 14.5. The summed E-state index contributed by atoms with van der Waals surface area (Å²) >= 11 is 0. The molecular weight excluding hydrogens is 631 g/mol. The molecule has 250 valence electrons. The van der Waals surface area contributed by atoms with Crippen LogP contribution < -0.4 is 20.6 Å². The molecule has 4 rings (SSSR count). The number of hydrogen-bond acceptors (Lipinski definition) is 8. The van der Waals surface area contributed by atoms with E-state index in [1.54, 1.807) is 30.3 Å². The predicted molar refractivity (Wildman–Crippen MR) is 170 cm³/mol. The van der Waals surface area contributed by atoms with Gasteiger partial charge >= 0.3 is 18.1 Å². The number of benzene rings is 4. The number of methoxy groups -OCH3 is 2. The minimum atomic E-state index is -4.50. The maximum absolute atomic E-state index is 13.4. The third kappa shape index (κ3) is 8.56. The maximum atomic E-state index is 13.4. The molecule has 0 heterocycles. The molecule has 0 aliphatic heterocycles. The minimum absolute atomic E-state index is 0.0151. The van der Waals surface area contributed by atoms with E-state index in [0.29, 0.717) is 29.5 Å². The fourth-order valence-corrected chi connectivity index (χ4v) is 4.79. The highest BCUT2D eigenvalue weighted by Gasteiger charge is 2.30. The lowest BCUT2D eigenvalue weighted by atomic mass is 9.97. The molecular formula is C35H32F3N3O7. The molecule has 2 amide bonds. The van der Waals surface area contributed by atoms with Crippen LogP contribution in [0, 0.1) is 0 Å². The van der Waals surface area contributed by atoms with Crippen LogP contribution in [0.25, 0.3) is 11.1 Å². The van der Waals surface area contributed by atoms with Crippen LogP contribution in [0.1, 0.15) is 55.0 Å². The summed E-state index contributed by atoms with van der Waals surface area (Å²) in [5, 5.41) is 3.59. The number of nitrogens with one attached hydrogen (secondary N) is 1. The highest BCUT2D eigenvalue weighted by atomic mass is 19.4. The number of esters is 2. The van der Waals surface area contributed by atoms with Crippen molar-refractivity contribution >= 4 is 29.4 Å². The zero-order chi connectivity index (χ0) is 35.0. The van der Waals surface area contributed by atoms with Crippen molar-refractivity contribution in [1.29, 1.82) is 0 Å². The molecule has 0 unspecified atom stereocenters. The van der Waals surface area contributed by atoms with Crippen molar-refractivity contribution in [2.24, 2.45) is 5.84 Å². The number of carbonyl (C=O) groups is 4. The number of alkyl halides is 3. The van der Waals surface area contributed by atoms with Gasteiger partial charge in [0.15, 0.2) is 11.5 Å². The van der Waals surface area contributed by atoms with E-state index in [4.69, 9.17) is 15.3 Å². The number of halogens is 3. The molecule has 0 fully saturated rings. The second-order valence-corrected chi connectivity index (χ2v) is 10.6. The van der Waals surface area contributed by atoms with Gasteiger partial charge in [0.1, 0.15) is 0 Å². The van der Waals surface area contributed by atoms with Gasteiger partial charge in [-0.15, -0.1) is 0 Å². The number of anilines is 1. The van der Waals surface area contributed by atoms with Crippen LogP contribution in [0.5, 0.6) is 11.5 Å². The topological polar surface area (TPSA) is 137 Å². The number of amides is 2. The van der Waals surface area contributed by atoms with Crippen LogP contribution in [0.3, 0.4) is 0 Å². The highest BCUT2D eigenvalue weighted by Crippen LogP contribution is 2.33. The molecule has 0 aliphatic rings. The summed E-state index contributed by atoms with van der Waals surface area (Å²) in [7, 11) is 3.97. The van der Waals surface area contributed by atoms with Crippen molar-refractivity contribution in [3.63, 3.8) is 0 Å². The van der Waals surface area contributed by atoms with Gasteiger partial charge in [-0.1, -0.05) is 36.4 Å². The molecule has 0 aromatic heterocycles. The van der Waals surface area contributed by atoms with Crippen LogP contribution in [0.2, 0.25) is 0 Å². The number of carbonyl (C=O) groups excluding carboxylic acids is 4. The largest absolute Gasteiger partial charge is 0.493 e. The Morgan fingerprint density at radius 1 is 0.854 bits per heavy atom. The van der Waals surface area contributed by atoms with Gasteiger partial charge in [0.05, 0.1) is 36.6 Å². The van der Waals surface area contributed by atoms with Crippen molar-refractivity contribution in [2.45, 2.75) is 25.4 Å². The summed E-state index contributed by atoms with van der Waals surface area (Å²) in [6, 6.07) is 19.9. The van der Waals surface area contributed by atoms with Gasteiger partial charge < -0.3 is 19.5 Å². The Balaban J connectivity index is 1.47. The standard InChI is InChI=1S/C35H32F3N3O7/c1-41(39)33(44)27-19-21(7-6-10-31(42)48-29-18-14-23(34(45)47-3)20-30(29)46-2)11-17-28(27)40-32(43)26-9-5-4-8-25(26)22-12-15-24(16-13-22)35(36,37)38/h4-5,8-9,11-20H,6-7,10,39H2,1-3H3,(H,40,43). The van der Waals surface area contributed by atoms with E-state index in [0.717, 1.165) is 17.1 Å². The number of hydrazine groups is 1. The molecule has 4 aromatic rings. The molecule has 48 heavy (non-hydrogen) atoms. The maximum Gasteiger partial charge on any atom is 0.416 e. The van der Waals surface area contributed by atoms with Crippen LogP contribution >= 0.6 is 0 Å². The Bertz CT molecular complexity index is 1820. The number of ether oxygens (including phenoxy) is 3. The van der Waals surface area contributed by atoms with Crippen molar-refractivity contribution in [1.82, 2.24) is 5.01 Å². The van der Waals surface area contributed by atoms with Crippen molar-refractivity contribution in [2.75, 3.05) is 26.6 Å². The van der Waals surface area contributed by atoms with Gasteiger partial charge in [0.25, 0.3) is 11.8 Å². The van der Waals surface area contributed by atoms with Gasteiger partial charge in [0, 0.05) is 19.0 Å². The molecule has 3 N–H and O–H groups in total.